The maximum Gasteiger partial charge on any atom is 0.263 e. The molecule has 0 spiro atoms. The van der Waals surface area contributed by atoms with E-state index in [0.717, 1.165) is 16.8 Å². The van der Waals surface area contributed by atoms with Crippen LogP contribution >= 0.6 is 11.6 Å². The van der Waals surface area contributed by atoms with E-state index in [0.29, 0.717) is 5.75 Å². The van der Waals surface area contributed by atoms with Gasteiger partial charge in [-0.15, -0.1) is 0 Å². The number of hydrogen-bond acceptors (Lipinski definition) is 5. The maximum absolute atomic E-state index is 13.7. The number of carbonyl (C=O) groups is 1. The van der Waals surface area contributed by atoms with Gasteiger partial charge in [0.05, 0.1) is 30.3 Å². The Morgan fingerprint density at radius 3 is 2.46 bits per heavy atom. The molecule has 1 amide bonds. The van der Waals surface area contributed by atoms with Gasteiger partial charge in [0, 0.05) is 5.56 Å². The first-order valence-electron chi connectivity index (χ1n) is 8.05. The summed E-state index contributed by atoms with van der Waals surface area (Å²) in [4.78, 5) is 12.4. The standard InChI is InChI=1S/C18H19ClFN3O4S/c1-12(18(24)22-21-11-15-16(19)5-4-6-17(15)20)23(28(3,25)26)13-7-9-14(27-2)10-8-13/h4-12H,1-3H3,(H,22,24)/b21-11-/t12-/m0/s1. The Labute approximate surface area is 167 Å². The van der Waals surface area contributed by atoms with Crippen molar-refractivity contribution in [2.75, 3.05) is 17.7 Å². The van der Waals surface area contributed by atoms with Crippen molar-refractivity contribution in [1.82, 2.24) is 5.43 Å². The number of nitrogens with one attached hydrogen (secondary N) is 1. The van der Waals surface area contributed by atoms with E-state index in [9.17, 15) is 17.6 Å². The molecular formula is C18H19ClFN3O4S. The highest BCUT2D eigenvalue weighted by Gasteiger charge is 2.29. The minimum Gasteiger partial charge on any atom is -0.497 e. The molecule has 1 atom stereocenters. The summed E-state index contributed by atoms with van der Waals surface area (Å²) >= 11 is 5.88. The third kappa shape index (κ3) is 5.20. The van der Waals surface area contributed by atoms with E-state index in [2.05, 4.69) is 10.5 Å². The molecule has 7 nitrogen and oxygen atoms in total. The number of hydrogen-bond donors (Lipinski definition) is 1. The van der Waals surface area contributed by atoms with E-state index in [1.807, 2.05) is 0 Å². The Morgan fingerprint density at radius 2 is 1.93 bits per heavy atom. The van der Waals surface area contributed by atoms with Crippen LogP contribution in [0, 0.1) is 5.82 Å². The van der Waals surface area contributed by atoms with Crippen molar-refractivity contribution in [1.29, 1.82) is 0 Å². The summed E-state index contributed by atoms with van der Waals surface area (Å²) in [5.74, 6) is -0.764. The molecule has 2 aromatic carbocycles. The molecule has 0 aliphatic heterocycles. The molecule has 0 fully saturated rings. The zero-order valence-corrected chi connectivity index (χ0v) is 17.0. The van der Waals surface area contributed by atoms with Crippen LogP contribution in [-0.4, -0.2) is 39.9 Å². The number of anilines is 1. The van der Waals surface area contributed by atoms with Crippen molar-refractivity contribution in [3.05, 3.63) is 58.9 Å². The van der Waals surface area contributed by atoms with Gasteiger partial charge in [0.25, 0.3) is 5.91 Å². The van der Waals surface area contributed by atoms with Gasteiger partial charge < -0.3 is 4.74 Å². The topological polar surface area (TPSA) is 88.1 Å². The summed E-state index contributed by atoms with van der Waals surface area (Å²) in [6.07, 6.45) is 2.05. The van der Waals surface area contributed by atoms with Crippen molar-refractivity contribution in [2.45, 2.75) is 13.0 Å². The number of nitrogens with zero attached hydrogens (tertiary/aromatic N) is 2. The molecule has 0 bridgehead atoms. The van der Waals surface area contributed by atoms with Crippen molar-refractivity contribution < 1.29 is 22.3 Å². The Kier molecular flexibility index (Phi) is 6.98. The van der Waals surface area contributed by atoms with Gasteiger partial charge in [-0.25, -0.2) is 18.2 Å². The predicted molar refractivity (Wildman–Crippen MR) is 107 cm³/mol. The van der Waals surface area contributed by atoms with Crippen LogP contribution in [-0.2, 0) is 14.8 Å². The van der Waals surface area contributed by atoms with Crippen LogP contribution < -0.4 is 14.5 Å². The van der Waals surface area contributed by atoms with Gasteiger partial charge >= 0.3 is 0 Å². The lowest BCUT2D eigenvalue weighted by Crippen LogP contribution is -2.46. The third-order valence-corrected chi connectivity index (χ3v) is 5.35. The normalized spacial score (nSPS) is 12.6. The smallest absolute Gasteiger partial charge is 0.263 e. The van der Waals surface area contributed by atoms with Crippen LogP contribution in [0.4, 0.5) is 10.1 Å². The molecular weight excluding hydrogens is 409 g/mol. The van der Waals surface area contributed by atoms with Crippen LogP contribution in [0.3, 0.4) is 0 Å². The Bertz CT molecular complexity index is 961. The first-order valence-corrected chi connectivity index (χ1v) is 10.3. The molecule has 2 aromatic rings. The van der Waals surface area contributed by atoms with E-state index in [4.69, 9.17) is 16.3 Å². The molecule has 0 aliphatic carbocycles. The number of hydrazone groups is 1. The van der Waals surface area contributed by atoms with Gasteiger partial charge in [-0.2, -0.15) is 5.10 Å². The van der Waals surface area contributed by atoms with Gasteiger partial charge in [-0.1, -0.05) is 17.7 Å². The predicted octanol–water partition coefficient (Wildman–Crippen LogP) is 2.79. The lowest BCUT2D eigenvalue weighted by atomic mass is 10.2. The summed E-state index contributed by atoms with van der Waals surface area (Å²) in [7, 11) is -2.29. The van der Waals surface area contributed by atoms with Gasteiger partial charge in [0.15, 0.2) is 0 Å². The van der Waals surface area contributed by atoms with Crippen LogP contribution in [0.15, 0.2) is 47.6 Å². The number of rotatable bonds is 7. The number of halogens is 2. The number of sulfonamides is 1. The summed E-state index contributed by atoms with van der Waals surface area (Å²) in [6, 6.07) is 9.20. The average molecular weight is 428 g/mol. The molecule has 2 rings (SSSR count). The molecule has 0 unspecified atom stereocenters. The molecule has 150 valence electrons. The van der Waals surface area contributed by atoms with E-state index in [1.165, 1.54) is 44.4 Å². The fourth-order valence-corrected chi connectivity index (χ4v) is 3.81. The van der Waals surface area contributed by atoms with Crippen molar-refractivity contribution in [2.24, 2.45) is 5.10 Å². The van der Waals surface area contributed by atoms with Gasteiger partial charge in [-0.3, -0.25) is 9.10 Å². The summed E-state index contributed by atoms with van der Waals surface area (Å²) in [5, 5.41) is 3.81. The SMILES string of the molecule is COc1ccc(N([C@@H](C)C(=O)N/N=C\c2c(F)cccc2Cl)S(C)(=O)=O)cc1. The number of amides is 1. The minimum atomic E-state index is -3.77. The summed E-state index contributed by atoms with van der Waals surface area (Å²) in [5.41, 5.74) is 2.50. The summed E-state index contributed by atoms with van der Waals surface area (Å²) in [6.45, 7) is 1.41. The monoisotopic (exact) mass is 427 g/mol. The lowest BCUT2D eigenvalue weighted by molar-refractivity contribution is -0.121. The van der Waals surface area contributed by atoms with Gasteiger partial charge in [0.1, 0.15) is 17.6 Å². The zero-order chi connectivity index (χ0) is 20.9. The van der Waals surface area contributed by atoms with Crippen LogP contribution in [0.1, 0.15) is 12.5 Å². The Hall–Kier alpha value is -2.65. The lowest BCUT2D eigenvalue weighted by Gasteiger charge is -2.27. The van der Waals surface area contributed by atoms with Crippen molar-refractivity contribution >= 4 is 39.4 Å². The number of carbonyl (C=O) groups excluding carboxylic acids is 1. The highest BCUT2D eigenvalue weighted by molar-refractivity contribution is 7.92. The minimum absolute atomic E-state index is 0.00671. The largest absolute Gasteiger partial charge is 0.497 e. The highest BCUT2D eigenvalue weighted by atomic mass is 35.5. The van der Waals surface area contributed by atoms with Crippen LogP contribution in [0.5, 0.6) is 5.75 Å². The number of benzene rings is 2. The van der Waals surface area contributed by atoms with Crippen molar-refractivity contribution in [3.63, 3.8) is 0 Å². The highest BCUT2D eigenvalue weighted by Crippen LogP contribution is 2.24. The van der Waals surface area contributed by atoms with E-state index >= 15 is 0 Å². The molecule has 28 heavy (non-hydrogen) atoms. The molecule has 0 aliphatic rings. The zero-order valence-electron chi connectivity index (χ0n) is 15.4. The maximum atomic E-state index is 13.7. The fraction of sp³-hybridized carbons (Fsp3) is 0.222. The molecule has 0 saturated carbocycles. The fourth-order valence-electron chi connectivity index (χ4n) is 2.43. The van der Waals surface area contributed by atoms with E-state index in [-0.39, 0.29) is 16.3 Å². The second-order valence-electron chi connectivity index (χ2n) is 5.80. The van der Waals surface area contributed by atoms with Crippen LogP contribution in [0.2, 0.25) is 5.02 Å². The third-order valence-electron chi connectivity index (χ3n) is 3.78. The van der Waals surface area contributed by atoms with E-state index in [1.54, 1.807) is 12.1 Å². The Balaban J connectivity index is 2.20. The first-order chi connectivity index (χ1) is 13.1. The van der Waals surface area contributed by atoms with Crippen molar-refractivity contribution in [3.8, 4) is 5.75 Å². The number of methoxy groups -OCH3 is 1. The summed E-state index contributed by atoms with van der Waals surface area (Å²) < 4.78 is 44.2. The van der Waals surface area contributed by atoms with Gasteiger partial charge in [-0.05, 0) is 43.3 Å². The first kappa shape index (κ1) is 21.6. The van der Waals surface area contributed by atoms with E-state index < -0.39 is 27.8 Å². The molecule has 0 heterocycles. The quantitative estimate of drug-likeness (QED) is 0.543. The molecule has 10 heteroatoms. The second kappa shape index (κ2) is 9.03. The van der Waals surface area contributed by atoms with Gasteiger partial charge in [0.2, 0.25) is 10.0 Å². The molecule has 0 radical (unpaired) electrons. The second-order valence-corrected chi connectivity index (χ2v) is 8.07. The molecule has 1 N–H and O–H groups in total. The average Bonchev–Trinajstić information content (AvgIpc) is 2.63. The molecule has 0 aromatic heterocycles. The molecule has 0 saturated heterocycles. The Morgan fingerprint density at radius 1 is 1.29 bits per heavy atom. The van der Waals surface area contributed by atoms with Crippen LogP contribution in [0.25, 0.3) is 0 Å². The number of ether oxygens (including phenoxy) is 1.